The van der Waals surface area contributed by atoms with Crippen molar-refractivity contribution in [2.24, 2.45) is 5.92 Å². The van der Waals surface area contributed by atoms with E-state index in [1.165, 1.54) is 0 Å². The summed E-state index contributed by atoms with van der Waals surface area (Å²) in [6.07, 6.45) is -0.211. The zero-order chi connectivity index (χ0) is 8.27. The van der Waals surface area contributed by atoms with E-state index in [1.54, 1.807) is 11.9 Å². The van der Waals surface area contributed by atoms with E-state index in [2.05, 4.69) is 5.32 Å². The van der Waals surface area contributed by atoms with Gasteiger partial charge in [0.05, 0.1) is 6.61 Å². The highest BCUT2D eigenvalue weighted by Crippen LogP contribution is 2.07. The fourth-order valence-electron chi connectivity index (χ4n) is 1.23. The van der Waals surface area contributed by atoms with Crippen molar-refractivity contribution in [2.75, 3.05) is 33.8 Å². The van der Waals surface area contributed by atoms with Gasteiger partial charge in [-0.3, -0.25) is 0 Å². The number of cyclic esters (lactones) is 1. The Labute approximate surface area is 66.5 Å². The molecule has 1 rings (SSSR count). The van der Waals surface area contributed by atoms with Crippen LogP contribution < -0.4 is 5.32 Å². The molecule has 0 bridgehead atoms. The summed E-state index contributed by atoms with van der Waals surface area (Å²) in [4.78, 5) is 12.4. The van der Waals surface area contributed by atoms with Crippen molar-refractivity contribution in [1.82, 2.24) is 10.2 Å². The van der Waals surface area contributed by atoms with E-state index in [1.807, 2.05) is 7.05 Å². The number of ether oxygens (including phenoxy) is 1. The van der Waals surface area contributed by atoms with Crippen LogP contribution in [0.3, 0.4) is 0 Å². The molecule has 1 aliphatic heterocycles. The van der Waals surface area contributed by atoms with Crippen LogP contribution in [0.1, 0.15) is 0 Å². The standard InChI is InChI=1S/C7H14N2O2/c1-8-3-6-4-9(2)7(10)11-5-6/h6,8H,3-5H2,1-2H3. The first kappa shape index (κ1) is 8.33. The molecular weight excluding hydrogens is 144 g/mol. The molecule has 0 radical (unpaired) electrons. The molecule has 1 heterocycles. The predicted molar refractivity (Wildman–Crippen MR) is 41.4 cm³/mol. The number of hydrogen-bond donors (Lipinski definition) is 1. The Morgan fingerprint density at radius 1 is 1.82 bits per heavy atom. The van der Waals surface area contributed by atoms with E-state index in [4.69, 9.17) is 4.74 Å². The molecule has 1 saturated heterocycles. The first-order valence-corrected chi connectivity index (χ1v) is 3.76. The van der Waals surface area contributed by atoms with E-state index in [-0.39, 0.29) is 6.09 Å². The second-order valence-corrected chi connectivity index (χ2v) is 2.88. The van der Waals surface area contributed by atoms with Gasteiger partial charge in [0.25, 0.3) is 0 Å². The van der Waals surface area contributed by atoms with Crippen LogP contribution in [0.5, 0.6) is 0 Å². The Morgan fingerprint density at radius 2 is 2.55 bits per heavy atom. The molecule has 0 aliphatic carbocycles. The molecule has 1 atom stereocenters. The lowest BCUT2D eigenvalue weighted by atomic mass is 10.1. The van der Waals surface area contributed by atoms with Crippen LogP contribution in [0, 0.1) is 5.92 Å². The average Bonchev–Trinajstić information content (AvgIpc) is 1.98. The number of amides is 1. The van der Waals surface area contributed by atoms with Crippen molar-refractivity contribution in [2.45, 2.75) is 0 Å². The van der Waals surface area contributed by atoms with Gasteiger partial charge in [-0.05, 0) is 7.05 Å². The molecule has 4 heteroatoms. The highest BCUT2D eigenvalue weighted by atomic mass is 16.6. The fraction of sp³-hybridized carbons (Fsp3) is 0.857. The van der Waals surface area contributed by atoms with Gasteiger partial charge in [0.1, 0.15) is 0 Å². The lowest BCUT2D eigenvalue weighted by Crippen LogP contribution is -2.43. The Balaban J connectivity index is 2.33. The van der Waals surface area contributed by atoms with Gasteiger partial charge in [0.2, 0.25) is 0 Å². The quantitative estimate of drug-likeness (QED) is 0.610. The van der Waals surface area contributed by atoms with E-state index in [9.17, 15) is 4.79 Å². The minimum absolute atomic E-state index is 0.211. The maximum absolute atomic E-state index is 10.8. The minimum Gasteiger partial charge on any atom is -0.449 e. The van der Waals surface area contributed by atoms with Crippen molar-refractivity contribution in [3.05, 3.63) is 0 Å². The maximum Gasteiger partial charge on any atom is 0.409 e. The van der Waals surface area contributed by atoms with E-state index >= 15 is 0 Å². The SMILES string of the molecule is CNCC1COC(=O)N(C)C1. The molecule has 0 spiro atoms. The van der Waals surface area contributed by atoms with Crippen molar-refractivity contribution < 1.29 is 9.53 Å². The molecule has 11 heavy (non-hydrogen) atoms. The molecule has 1 amide bonds. The van der Waals surface area contributed by atoms with Gasteiger partial charge < -0.3 is 15.0 Å². The third kappa shape index (κ3) is 2.08. The van der Waals surface area contributed by atoms with Gasteiger partial charge in [-0.2, -0.15) is 0 Å². The Bertz CT molecular complexity index is 149. The number of rotatable bonds is 2. The molecule has 1 unspecified atom stereocenters. The van der Waals surface area contributed by atoms with Crippen LogP contribution in [0.25, 0.3) is 0 Å². The zero-order valence-corrected chi connectivity index (χ0v) is 6.96. The summed E-state index contributed by atoms with van der Waals surface area (Å²) < 4.78 is 4.90. The third-order valence-electron chi connectivity index (χ3n) is 1.78. The summed E-state index contributed by atoms with van der Waals surface area (Å²) in [5.74, 6) is 0.433. The molecule has 1 aliphatic rings. The second kappa shape index (κ2) is 3.57. The molecule has 1 N–H and O–H groups in total. The highest BCUT2D eigenvalue weighted by molar-refractivity contribution is 5.67. The van der Waals surface area contributed by atoms with Gasteiger partial charge in [0.15, 0.2) is 0 Å². The summed E-state index contributed by atoms with van der Waals surface area (Å²) in [7, 11) is 3.65. The normalized spacial score (nSPS) is 25.1. The fourth-order valence-corrected chi connectivity index (χ4v) is 1.23. The molecule has 0 aromatic carbocycles. The lowest BCUT2D eigenvalue weighted by molar-refractivity contribution is 0.0536. The third-order valence-corrected chi connectivity index (χ3v) is 1.78. The summed E-state index contributed by atoms with van der Waals surface area (Å²) >= 11 is 0. The van der Waals surface area contributed by atoms with Gasteiger partial charge in [-0.1, -0.05) is 0 Å². The van der Waals surface area contributed by atoms with E-state index in [0.29, 0.717) is 12.5 Å². The van der Waals surface area contributed by atoms with Crippen LogP contribution in [0.4, 0.5) is 4.79 Å². The summed E-state index contributed by atoms with van der Waals surface area (Å²) in [6, 6.07) is 0. The second-order valence-electron chi connectivity index (χ2n) is 2.88. The highest BCUT2D eigenvalue weighted by Gasteiger charge is 2.23. The Kier molecular flexibility index (Phi) is 2.70. The van der Waals surface area contributed by atoms with Crippen molar-refractivity contribution in [3.8, 4) is 0 Å². The maximum atomic E-state index is 10.8. The lowest BCUT2D eigenvalue weighted by Gasteiger charge is -2.28. The molecule has 0 aromatic heterocycles. The zero-order valence-electron chi connectivity index (χ0n) is 6.96. The Morgan fingerprint density at radius 3 is 3.09 bits per heavy atom. The number of nitrogens with zero attached hydrogens (tertiary/aromatic N) is 1. The monoisotopic (exact) mass is 158 g/mol. The van der Waals surface area contributed by atoms with Crippen LogP contribution in [0.15, 0.2) is 0 Å². The largest absolute Gasteiger partial charge is 0.449 e. The number of carbonyl (C=O) groups excluding carboxylic acids is 1. The van der Waals surface area contributed by atoms with Crippen LogP contribution >= 0.6 is 0 Å². The number of nitrogens with one attached hydrogen (secondary N) is 1. The smallest absolute Gasteiger partial charge is 0.409 e. The van der Waals surface area contributed by atoms with Crippen LogP contribution in [-0.4, -0.2) is 44.8 Å². The summed E-state index contributed by atoms with van der Waals surface area (Å²) in [5.41, 5.74) is 0. The minimum atomic E-state index is -0.211. The summed E-state index contributed by atoms with van der Waals surface area (Å²) in [5, 5.41) is 3.05. The summed E-state index contributed by atoms with van der Waals surface area (Å²) in [6.45, 7) is 2.24. The van der Waals surface area contributed by atoms with E-state index < -0.39 is 0 Å². The van der Waals surface area contributed by atoms with Gasteiger partial charge in [0, 0.05) is 26.1 Å². The molecule has 64 valence electrons. The van der Waals surface area contributed by atoms with Crippen molar-refractivity contribution in [1.29, 1.82) is 0 Å². The van der Waals surface area contributed by atoms with Gasteiger partial charge in [-0.15, -0.1) is 0 Å². The topological polar surface area (TPSA) is 41.6 Å². The van der Waals surface area contributed by atoms with Gasteiger partial charge >= 0.3 is 6.09 Å². The molecule has 4 nitrogen and oxygen atoms in total. The van der Waals surface area contributed by atoms with Crippen LogP contribution in [0.2, 0.25) is 0 Å². The Hall–Kier alpha value is -0.770. The molecule has 0 saturated carbocycles. The molecule has 1 fully saturated rings. The van der Waals surface area contributed by atoms with Crippen LogP contribution in [-0.2, 0) is 4.74 Å². The predicted octanol–water partition coefficient (Wildman–Crippen LogP) is -0.0960. The van der Waals surface area contributed by atoms with Crippen molar-refractivity contribution >= 4 is 6.09 Å². The first-order chi connectivity index (χ1) is 5.24. The first-order valence-electron chi connectivity index (χ1n) is 3.76. The van der Waals surface area contributed by atoms with Crippen molar-refractivity contribution in [3.63, 3.8) is 0 Å². The average molecular weight is 158 g/mol. The van der Waals surface area contributed by atoms with Gasteiger partial charge in [-0.25, -0.2) is 4.79 Å². The molecular formula is C7H14N2O2. The van der Waals surface area contributed by atoms with E-state index in [0.717, 1.165) is 13.1 Å². The molecule has 0 aromatic rings. The number of carbonyl (C=O) groups is 1. The number of hydrogen-bond acceptors (Lipinski definition) is 3.